The minimum atomic E-state index is -1.63. The molecule has 1 unspecified atom stereocenters. The number of amides is 1. The zero-order valence-electron chi connectivity index (χ0n) is 10.1. The standard InChI is InChI=1S/C12H15Cl3N2O/c1-3-10(18)17-11(12(13,14)15)16-9-6-4-8(2)5-7-9/h4-7,11,16H,3H2,1-2H3,(H,17,18). The van der Waals surface area contributed by atoms with Gasteiger partial charge in [0.2, 0.25) is 9.70 Å². The van der Waals surface area contributed by atoms with E-state index in [-0.39, 0.29) is 5.91 Å². The number of carbonyl (C=O) groups is 1. The Bertz CT molecular complexity index is 401. The Morgan fingerprint density at radius 1 is 1.28 bits per heavy atom. The van der Waals surface area contributed by atoms with Crippen molar-refractivity contribution in [1.29, 1.82) is 0 Å². The smallest absolute Gasteiger partial charge is 0.228 e. The Kier molecular flexibility index (Phi) is 5.57. The van der Waals surface area contributed by atoms with E-state index in [4.69, 9.17) is 34.8 Å². The van der Waals surface area contributed by atoms with E-state index >= 15 is 0 Å². The van der Waals surface area contributed by atoms with E-state index in [9.17, 15) is 4.79 Å². The molecule has 6 heteroatoms. The van der Waals surface area contributed by atoms with E-state index in [1.54, 1.807) is 6.92 Å². The molecule has 0 saturated heterocycles. The predicted octanol–water partition coefficient (Wildman–Crippen LogP) is 3.63. The normalized spacial score (nSPS) is 12.9. The summed E-state index contributed by atoms with van der Waals surface area (Å²) in [5.74, 6) is -0.189. The number of nitrogens with one attached hydrogen (secondary N) is 2. The Morgan fingerprint density at radius 2 is 1.83 bits per heavy atom. The Morgan fingerprint density at radius 3 is 2.28 bits per heavy atom. The van der Waals surface area contributed by atoms with Crippen LogP contribution in [0.5, 0.6) is 0 Å². The van der Waals surface area contributed by atoms with Gasteiger partial charge < -0.3 is 10.6 Å². The zero-order valence-corrected chi connectivity index (χ0v) is 12.4. The van der Waals surface area contributed by atoms with Crippen molar-refractivity contribution in [3.8, 4) is 0 Å². The minimum Gasteiger partial charge on any atom is -0.362 e. The van der Waals surface area contributed by atoms with Crippen LogP contribution in [0.1, 0.15) is 18.9 Å². The van der Waals surface area contributed by atoms with E-state index in [1.807, 2.05) is 31.2 Å². The highest BCUT2D eigenvalue weighted by Gasteiger charge is 2.33. The fourth-order valence-corrected chi connectivity index (χ4v) is 1.61. The molecule has 0 fully saturated rings. The number of anilines is 1. The SMILES string of the molecule is CCC(=O)NC(Nc1ccc(C)cc1)C(Cl)(Cl)Cl. The van der Waals surface area contributed by atoms with Gasteiger partial charge in [0.1, 0.15) is 6.17 Å². The maximum absolute atomic E-state index is 11.4. The molecule has 100 valence electrons. The molecule has 0 aromatic heterocycles. The molecule has 0 saturated carbocycles. The molecular formula is C12H15Cl3N2O. The molecule has 1 aromatic carbocycles. The van der Waals surface area contributed by atoms with Crippen LogP contribution in [-0.4, -0.2) is 15.9 Å². The van der Waals surface area contributed by atoms with Crippen molar-refractivity contribution < 1.29 is 4.79 Å². The molecular weight excluding hydrogens is 295 g/mol. The fraction of sp³-hybridized carbons (Fsp3) is 0.417. The lowest BCUT2D eigenvalue weighted by Gasteiger charge is -2.27. The van der Waals surface area contributed by atoms with Crippen LogP contribution in [0.15, 0.2) is 24.3 Å². The van der Waals surface area contributed by atoms with Crippen molar-refractivity contribution in [1.82, 2.24) is 5.32 Å². The van der Waals surface area contributed by atoms with Gasteiger partial charge in [0.15, 0.2) is 0 Å². The molecule has 0 spiro atoms. The van der Waals surface area contributed by atoms with E-state index < -0.39 is 9.96 Å². The molecule has 18 heavy (non-hydrogen) atoms. The number of carbonyl (C=O) groups excluding carboxylic acids is 1. The first kappa shape index (κ1) is 15.4. The van der Waals surface area contributed by atoms with Gasteiger partial charge in [0.05, 0.1) is 0 Å². The predicted molar refractivity (Wildman–Crippen MR) is 77.3 cm³/mol. The van der Waals surface area contributed by atoms with Crippen LogP contribution in [0.3, 0.4) is 0 Å². The highest BCUT2D eigenvalue weighted by Crippen LogP contribution is 2.31. The fourth-order valence-electron chi connectivity index (χ4n) is 1.28. The van der Waals surface area contributed by atoms with E-state index in [0.717, 1.165) is 11.3 Å². The number of alkyl halides is 3. The second-order valence-corrected chi connectivity index (χ2v) is 6.27. The molecule has 0 aliphatic heterocycles. The van der Waals surface area contributed by atoms with Gasteiger partial charge in [-0.15, -0.1) is 0 Å². The summed E-state index contributed by atoms with van der Waals surface area (Å²) in [5, 5.41) is 5.61. The largest absolute Gasteiger partial charge is 0.362 e. The van der Waals surface area contributed by atoms with Gasteiger partial charge in [-0.05, 0) is 19.1 Å². The zero-order chi connectivity index (χ0) is 13.8. The third kappa shape index (κ3) is 4.92. The van der Waals surface area contributed by atoms with Crippen LogP contribution < -0.4 is 10.6 Å². The molecule has 3 nitrogen and oxygen atoms in total. The van der Waals surface area contributed by atoms with Crippen molar-refractivity contribution in [3.05, 3.63) is 29.8 Å². The number of aryl methyl sites for hydroxylation is 1. The summed E-state index contributed by atoms with van der Waals surface area (Å²) >= 11 is 17.5. The van der Waals surface area contributed by atoms with Crippen molar-refractivity contribution in [3.63, 3.8) is 0 Å². The van der Waals surface area contributed by atoms with Gasteiger partial charge in [-0.2, -0.15) is 0 Å². The number of hydrogen-bond acceptors (Lipinski definition) is 2. The van der Waals surface area contributed by atoms with Crippen molar-refractivity contribution in [2.24, 2.45) is 0 Å². The van der Waals surface area contributed by atoms with Gasteiger partial charge in [-0.1, -0.05) is 59.4 Å². The minimum absolute atomic E-state index is 0.189. The third-order valence-corrected chi connectivity index (χ3v) is 2.97. The van der Waals surface area contributed by atoms with E-state index in [1.165, 1.54) is 0 Å². The van der Waals surface area contributed by atoms with Gasteiger partial charge >= 0.3 is 0 Å². The summed E-state index contributed by atoms with van der Waals surface area (Å²) in [6, 6.07) is 7.58. The molecule has 1 amide bonds. The quantitative estimate of drug-likeness (QED) is 0.659. The Balaban J connectivity index is 2.78. The third-order valence-electron chi connectivity index (χ3n) is 2.32. The van der Waals surface area contributed by atoms with Crippen molar-refractivity contribution in [2.75, 3.05) is 5.32 Å². The molecule has 0 radical (unpaired) electrons. The summed E-state index contributed by atoms with van der Waals surface area (Å²) in [6.45, 7) is 3.71. The van der Waals surface area contributed by atoms with Crippen LogP contribution in [0.4, 0.5) is 5.69 Å². The lowest BCUT2D eigenvalue weighted by Crippen LogP contribution is -2.48. The molecule has 1 rings (SSSR count). The van der Waals surface area contributed by atoms with Crippen LogP contribution in [0, 0.1) is 6.92 Å². The van der Waals surface area contributed by atoms with E-state index in [0.29, 0.717) is 6.42 Å². The van der Waals surface area contributed by atoms with Gasteiger partial charge in [-0.25, -0.2) is 0 Å². The Labute approximate surface area is 122 Å². The van der Waals surface area contributed by atoms with Crippen LogP contribution in [-0.2, 0) is 4.79 Å². The molecule has 0 aliphatic rings. The van der Waals surface area contributed by atoms with Crippen LogP contribution in [0.25, 0.3) is 0 Å². The summed E-state index contributed by atoms with van der Waals surface area (Å²) in [6.07, 6.45) is -0.454. The second kappa shape index (κ2) is 6.50. The monoisotopic (exact) mass is 308 g/mol. The maximum Gasteiger partial charge on any atom is 0.228 e. The van der Waals surface area contributed by atoms with Gasteiger partial charge in [0.25, 0.3) is 0 Å². The lowest BCUT2D eigenvalue weighted by atomic mass is 10.2. The highest BCUT2D eigenvalue weighted by molar-refractivity contribution is 6.68. The molecule has 0 bridgehead atoms. The number of hydrogen-bond donors (Lipinski definition) is 2. The molecule has 1 aromatic rings. The number of halogens is 3. The lowest BCUT2D eigenvalue weighted by molar-refractivity contribution is -0.121. The summed E-state index contributed by atoms with van der Waals surface area (Å²) in [7, 11) is 0. The summed E-state index contributed by atoms with van der Waals surface area (Å²) in [4.78, 5) is 11.4. The second-order valence-electron chi connectivity index (χ2n) is 3.91. The van der Waals surface area contributed by atoms with Gasteiger partial charge in [0, 0.05) is 12.1 Å². The van der Waals surface area contributed by atoms with Crippen LogP contribution >= 0.6 is 34.8 Å². The average molecular weight is 310 g/mol. The topological polar surface area (TPSA) is 41.1 Å². The molecule has 2 N–H and O–H groups in total. The summed E-state index contributed by atoms with van der Waals surface area (Å²) < 4.78 is -1.63. The maximum atomic E-state index is 11.4. The first-order valence-corrected chi connectivity index (χ1v) is 6.65. The van der Waals surface area contributed by atoms with Crippen molar-refractivity contribution >= 4 is 46.4 Å². The highest BCUT2D eigenvalue weighted by atomic mass is 35.6. The molecule has 1 atom stereocenters. The first-order valence-electron chi connectivity index (χ1n) is 5.52. The van der Waals surface area contributed by atoms with Crippen molar-refractivity contribution in [2.45, 2.75) is 30.2 Å². The number of benzene rings is 1. The summed E-state index contributed by atoms with van der Waals surface area (Å²) in [5.41, 5.74) is 1.90. The first-order chi connectivity index (χ1) is 8.32. The van der Waals surface area contributed by atoms with Gasteiger partial charge in [-0.3, -0.25) is 4.79 Å². The van der Waals surface area contributed by atoms with E-state index in [2.05, 4.69) is 10.6 Å². The van der Waals surface area contributed by atoms with Crippen LogP contribution in [0.2, 0.25) is 0 Å². The molecule has 0 aliphatic carbocycles. The average Bonchev–Trinajstić information content (AvgIpc) is 2.29. The number of rotatable bonds is 4. The molecule has 0 heterocycles. The Hall–Kier alpha value is -0.640.